The van der Waals surface area contributed by atoms with Gasteiger partial charge in [-0.15, -0.1) is 0 Å². The van der Waals surface area contributed by atoms with Crippen LogP contribution in [0.2, 0.25) is 0 Å². The molecule has 2 fully saturated rings. The van der Waals surface area contributed by atoms with Crippen LogP contribution in [0.3, 0.4) is 0 Å². The molecule has 0 aliphatic heterocycles. The molecule has 0 bridgehead atoms. The van der Waals surface area contributed by atoms with Gasteiger partial charge in [0.15, 0.2) is 0 Å². The van der Waals surface area contributed by atoms with E-state index in [0.29, 0.717) is 5.75 Å². The molecular weight excluding hydrogens is 174 g/mol. The van der Waals surface area contributed by atoms with E-state index in [1.165, 1.54) is 6.26 Å². The zero-order chi connectivity index (χ0) is 9.04. The summed E-state index contributed by atoms with van der Waals surface area (Å²) in [7, 11) is -2.84. The standard InChI is InChI=1S/C8H15NO2S/c1-12(10,11)6-7(2-3-7)8(9)4-5-8/h2-6,9H2,1H3. The topological polar surface area (TPSA) is 60.2 Å². The lowest BCUT2D eigenvalue weighted by molar-refractivity contribution is 0.416. The van der Waals surface area contributed by atoms with Crippen LogP contribution in [-0.4, -0.2) is 26.0 Å². The number of sulfone groups is 1. The zero-order valence-corrected chi connectivity index (χ0v) is 8.15. The van der Waals surface area contributed by atoms with Crippen LogP contribution >= 0.6 is 0 Å². The van der Waals surface area contributed by atoms with Crippen LogP contribution in [0.25, 0.3) is 0 Å². The van der Waals surface area contributed by atoms with Gasteiger partial charge in [-0.05, 0) is 25.7 Å². The first-order valence-electron chi connectivity index (χ1n) is 4.34. The molecule has 4 heteroatoms. The Labute approximate surface area is 73.2 Å². The summed E-state index contributed by atoms with van der Waals surface area (Å²) in [5, 5.41) is 0. The lowest BCUT2D eigenvalue weighted by atomic mass is 9.97. The summed E-state index contributed by atoms with van der Waals surface area (Å²) in [6, 6.07) is 0. The molecular formula is C8H15NO2S. The summed E-state index contributed by atoms with van der Waals surface area (Å²) in [4.78, 5) is 0. The molecule has 2 N–H and O–H groups in total. The smallest absolute Gasteiger partial charge is 0.148 e. The van der Waals surface area contributed by atoms with Crippen molar-refractivity contribution in [1.29, 1.82) is 0 Å². The molecule has 70 valence electrons. The van der Waals surface area contributed by atoms with Gasteiger partial charge in [0.1, 0.15) is 9.84 Å². The summed E-state index contributed by atoms with van der Waals surface area (Å²) >= 11 is 0. The van der Waals surface area contributed by atoms with E-state index in [-0.39, 0.29) is 11.0 Å². The van der Waals surface area contributed by atoms with E-state index in [1.807, 2.05) is 0 Å². The van der Waals surface area contributed by atoms with Crippen LogP contribution < -0.4 is 5.73 Å². The molecule has 0 radical (unpaired) electrons. The van der Waals surface area contributed by atoms with Crippen molar-refractivity contribution in [3.8, 4) is 0 Å². The van der Waals surface area contributed by atoms with Gasteiger partial charge in [-0.25, -0.2) is 8.42 Å². The van der Waals surface area contributed by atoms with Gasteiger partial charge < -0.3 is 5.73 Å². The molecule has 2 rings (SSSR count). The summed E-state index contributed by atoms with van der Waals surface area (Å²) in [6.45, 7) is 0. The highest BCUT2D eigenvalue weighted by Gasteiger charge is 2.64. The van der Waals surface area contributed by atoms with Gasteiger partial charge in [-0.2, -0.15) is 0 Å². The molecule has 0 aromatic rings. The normalized spacial score (nSPS) is 29.8. The van der Waals surface area contributed by atoms with Gasteiger partial charge in [-0.3, -0.25) is 0 Å². The number of hydrogen-bond donors (Lipinski definition) is 1. The Morgan fingerprint density at radius 2 is 1.75 bits per heavy atom. The summed E-state index contributed by atoms with van der Waals surface area (Å²) in [5.74, 6) is 0.302. The summed E-state index contributed by atoms with van der Waals surface area (Å²) < 4.78 is 22.2. The monoisotopic (exact) mass is 189 g/mol. The summed E-state index contributed by atoms with van der Waals surface area (Å²) in [6.07, 6.45) is 5.36. The molecule has 2 aliphatic rings. The fraction of sp³-hybridized carbons (Fsp3) is 1.00. The van der Waals surface area contributed by atoms with E-state index in [1.54, 1.807) is 0 Å². The highest BCUT2D eigenvalue weighted by Crippen LogP contribution is 2.63. The van der Waals surface area contributed by atoms with Crippen LogP contribution in [0.1, 0.15) is 25.7 Å². The van der Waals surface area contributed by atoms with E-state index >= 15 is 0 Å². The van der Waals surface area contributed by atoms with E-state index in [2.05, 4.69) is 0 Å². The van der Waals surface area contributed by atoms with Crippen molar-refractivity contribution in [2.24, 2.45) is 11.1 Å². The molecule has 2 saturated carbocycles. The number of rotatable bonds is 3. The first-order chi connectivity index (χ1) is 5.37. The first-order valence-corrected chi connectivity index (χ1v) is 6.40. The second-order valence-corrected chi connectivity index (χ2v) is 6.65. The maximum Gasteiger partial charge on any atom is 0.148 e. The van der Waals surface area contributed by atoms with Crippen LogP contribution in [0.15, 0.2) is 0 Å². The highest BCUT2D eigenvalue weighted by atomic mass is 32.2. The molecule has 0 amide bonds. The lowest BCUT2D eigenvalue weighted by Gasteiger charge is -2.21. The SMILES string of the molecule is CS(=O)(=O)CC1(C2(N)CC2)CC1. The van der Waals surface area contributed by atoms with Crippen molar-refractivity contribution in [2.75, 3.05) is 12.0 Å². The summed E-state index contributed by atoms with van der Waals surface area (Å²) in [5.41, 5.74) is 5.89. The van der Waals surface area contributed by atoms with E-state index in [9.17, 15) is 8.42 Å². The van der Waals surface area contributed by atoms with E-state index in [4.69, 9.17) is 5.73 Å². The largest absolute Gasteiger partial charge is 0.325 e. The molecule has 0 saturated heterocycles. The van der Waals surface area contributed by atoms with Crippen molar-refractivity contribution in [2.45, 2.75) is 31.2 Å². The fourth-order valence-corrected chi connectivity index (χ4v) is 3.68. The Hall–Kier alpha value is -0.0900. The molecule has 0 atom stereocenters. The number of hydrogen-bond acceptors (Lipinski definition) is 3. The van der Waals surface area contributed by atoms with Gasteiger partial charge in [-0.1, -0.05) is 0 Å². The van der Waals surface area contributed by atoms with E-state index < -0.39 is 9.84 Å². The van der Waals surface area contributed by atoms with Crippen LogP contribution in [0, 0.1) is 5.41 Å². The van der Waals surface area contributed by atoms with Gasteiger partial charge in [0.05, 0.1) is 5.75 Å². The average Bonchev–Trinajstić information content (AvgIpc) is 2.65. The van der Waals surface area contributed by atoms with Crippen molar-refractivity contribution < 1.29 is 8.42 Å². The van der Waals surface area contributed by atoms with Crippen molar-refractivity contribution in [3.63, 3.8) is 0 Å². The average molecular weight is 189 g/mol. The van der Waals surface area contributed by atoms with Crippen molar-refractivity contribution >= 4 is 9.84 Å². The van der Waals surface area contributed by atoms with Gasteiger partial charge in [0.25, 0.3) is 0 Å². The van der Waals surface area contributed by atoms with Gasteiger partial charge >= 0.3 is 0 Å². The van der Waals surface area contributed by atoms with Crippen LogP contribution in [0.5, 0.6) is 0 Å². The maximum absolute atomic E-state index is 11.1. The number of nitrogens with two attached hydrogens (primary N) is 1. The quantitative estimate of drug-likeness (QED) is 0.694. The zero-order valence-electron chi connectivity index (χ0n) is 7.34. The molecule has 12 heavy (non-hydrogen) atoms. The van der Waals surface area contributed by atoms with Crippen LogP contribution in [0.4, 0.5) is 0 Å². The lowest BCUT2D eigenvalue weighted by Crippen LogP contribution is -2.38. The Morgan fingerprint density at radius 3 is 2.00 bits per heavy atom. The Kier molecular flexibility index (Phi) is 1.45. The molecule has 3 nitrogen and oxygen atoms in total. The molecule has 0 aromatic carbocycles. The third-order valence-corrected chi connectivity index (χ3v) is 4.31. The third kappa shape index (κ3) is 1.27. The predicted octanol–water partition coefficient (Wildman–Crippen LogP) is 0.302. The third-order valence-electron chi connectivity index (χ3n) is 3.24. The van der Waals surface area contributed by atoms with Gasteiger partial charge in [0.2, 0.25) is 0 Å². The maximum atomic E-state index is 11.1. The molecule has 2 aliphatic carbocycles. The second kappa shape index (κ2) is 2.04. The minimum Gasteiger partial charge on any atom is -0.325 e. The molecule has 0 heterocycles. The fourth-order valence-electron chi connectivity index (χ4n) is 2.10. The molecule has 0 aromatic heterocycles. The van der Waals surface area contributed by atoms with Gasteiger partial charge in [0, 0.05) is 17.2 Å². The Balaban J connectivity index is 2.13. The van der Waals surface area contributed by atoms with Crippen LogP contribution in [-0.2, 0) is 9.84 Å². The van der Waals surface area contributed by atoms with Crippen molar-refractivity contribution in [1.82, 2.24) is 0 Å². The molecule has 0 spiro atoms. The Morgan fingerprint density at radius 1 is 1.25 bits per heavy atom. The predicted molar refractivity (Wildman–Crippen MR) is 47.5 cm³/mol. The molecule has 0 unspecified atom stereocenters. The first kappa shape index (κ1) is 8.51. The second-order valence-electron chi connectivity index (χ2n) is 4.51. The minimum absolute atomic E-state index is 0.0272. The minimum atomic E-state index is -2.84. The van der Waals surface area contributed by atoms with E-state index in [0.717, 1.165) is 25.7 Å². The Bertz CT molecular complexity index is 299. The van der Waals surface area contributed by atoms with Crippen molar-refractivity contribution in [3.05, 3.63) is 0 Å². The highest BCUT2D eigenvalue weighted by molar-refractivity contribution is 7.90.